The number of hydrogen-bond donors (Lipinski definition) is 1. The molecule has 10 nitrogen and oxygen atoms in total. The molecule has 3 fully saturated rings. The lowest BCUT2D eigenvalue weighted by Gasteiger charge is -2.29. The van der Waals surface area contributed by atoms with Gasteiger partial charge in [-0.2, -0.15) is 4.98 Å². The van der Waals surface area contributed by atoms with Gasteiger partial charge in [-0.1, -0.05) is 43.2 Å². The number of aromatic nitrogens is 2. The van der Waals surface area contributed by atoms with Crippen LogP contribution in [0.1, 0.15) is 82.3 Å². The Hall–Kier alpha value is -4.06. The second kappa shape index (κ2) is 14.2. The highest BCUT2D eigenvalue weighted by molar-refractivity contribution is 7.90. The lowest BCUT2D eigenvalue weighted by Crippen LogP contribution is -2.46. The van der Waals surface area contributed by atoms with Crippen LogP contribution in [0.25, 0.3) is 11.0 Å². The molecule has 4 aliphatic rings. The average Bonchev–Trinajstić information content (AvgIpc) is 3.98. The number of ketones is 1. The SMILES string of the molecule is CCn1c(O[C@@H]2C[C@H]3C(=O)C[C@]4(C(=O)NS(=O)(=O)C5CC5)C[C@H]4/C=C\CCCCC[C@H](Cc4cc(C)cc(F)c4)C(=O)N3C2)nc2ccccc21. The van der Waals surface area contributed by atoms with Gasteiger partial charge in [-0.25, -0.2) is 12.8 Å². The molecule has 1 N–H and O–H groups in total. The number of ether oxygens (including phenoxy) is 1. The molecule has 1 saturated heterocycles. The first-order chi connectivity index (χ1) is 24.5. The van der Waals surface area contributed by atoms with Crippen LogP contribution in [0.2, 0.25) is 0 Å². The Bertz CT molecular complexity index is 1950. The summed E-state index contributed by atoms with van der Waals surface area (Å²) in [7, 11) is -3.82. The highest BCUT2D eigenvalue weighted by atomic mass is 32.2. The number of aryl methyl sites for hydroxylation is 2. The van der Waals surface area contributed by atoms with E-state index in [1.165, 1.54) is 12.1 Å². The van der Waals surface area contributed by atoms with Crippen LogP contribution in [0, 0.1) is 30.0 Å². The standard InChI is InChI=1S/C39H47FN4O6S/c1-3-43-33-14-10-9-13-32(33)41-38(43)50-30-21-34-35(45)23-39(37(47)42-51(48,49)31-15-16-31)22-28(39)12-8-6-4-5-7-11-27(36(46)44(34)24-30)19-26-17-25(2)18-29(40)20-26/h8-10,12-14,17-18,20,27-28,30-31,34H,3-7,11,15-16,19,21-24H2,1-2H3,(H,42,47)/b12-8-/t27-,28-,30-,34+,39-/m1/s1. The molecule has 2 aromatic carbocycles. The molecule has 3 aromatic rings. The number of allylic oxidation sites excluding steroid dienone is 2. The minimum Gasteiger partial charge on any atom is -0.459 e. The number of fused-ring (bicyclic) bond motifs is 3. The molecule has 2 aliphatic carbocycles. The van der Waals surface area contributed by atoms with E-state index >= 15 is 0 Å². The number of carbonyl (C=O) groups is 3. The van der Waals surface area contributed by atoms with Crippen molar-refractivity contribution in [2.45, 2.75) is 108 Å². The monoisotopic (exact) mass is 718 g/mol. The van der Waals surface area contributed by atoms with E-state index in [9.17, 15) is 27.2 Å². The number of sulfonamides is 1. The van der Waals surface area contributed by atoms with E-state index < -0.39 is 44.7 Å². The van der Waals surface area contributed by atoms with Crippen LogP contribution in [0.5, 0.6) is 6.01 Å². The highest BCUT2D eigenvalue weighted by Crippen LogP contribution is 2.57. The first kappa shape index (κ1) is 35.3. The van der Waals surface area contributed by atoms with Gasteiger partial charge in [0.25, 0.3) is 6.01 Å². The lowest BCUT2D eigenvalue weighted by molar-refractivity contribution is -0.142. The smallest absolute Gasteiger partial charge is 0.297 e. The van der Waals surface area contributed by atoms with E-state index in [-0.39, 0.29) is 42.8 Å². The maximum atomic E-state index is 14.7. The Balaban J connectivity index is 1.21. The van der Waals surface area contributed by atoms with Crippen molar-refractivity contribution in [1.29, 1.82) is 0 Å². The minimum absolute atomic E-state index is 0.152. The van der Waals surface area contributed by atoms with Crippen LogP contribution in [0.15, 0.2) is 54.6 Å². The van der Waals surface area contributed by atoms with Crippen LogP contribution in [0.4, 0.5) is 4.39 Å². The van der Waals surface area contributed by atoms with Gasteiger partial charge < -0.3 is 9.64 Å². The zero-order chi connectivity index (χ0) is 35.9. The van der Waals surface area contributed by atoms with Crippen molar-refractivity contribution in [3.05, 3.63) is 71.6 Å². The van der Waals surface area contributed by atoms with Crippen molar-refractivity contribution in [2.24, 2.45) is 17.3 Å². The normalized spacial score (nSPS) is 28.0. The van der Waals surface area contributed by atoms with Crippen LogP contribution in [-0.2, 0) is 37.4 Å². The summed E-state index contributed by atoms with van der Waals surface area (Å²) in [5.41, 5.74) is 2.00. The zero-order valence-corrected chi connectivity index (χ0v) is 30.2. The van der Waals surface area contributed by atoms with E-state index in [0.29, 0.717) is 44.7 Å². The predicted octanol–water partition coefficient (Wildman–Crippen LogP) is 5.81. The number of nitrogens with one attached hydrogen (secondary N) is 1. The van der Waals surface area contributed by atoms with Gasteiger partial charge in [0.1, 0.15) is 11.9 Å². The summed E-state index contributed by atoms with van der Waals surface area (Å²) in [5, 5.41) is -0.574. The van der Waals surface area contributed by atoms with Crippen LogP contribution in [-0.4, -0.2) is 64.4 Å². The third-order valence-corrected chi connectivity index (χ3v) is 12.9. The number of carbonyl (C=O) groups excluding carboxylic acids is 3. The fourth-order valence-corrected chi connectivity index (χ4v) is 9.52. The molecule has 272 valence electrons. The number of amides is 2. The molecule has 2 saturated carbocycles. The van der Waals surface area contributed by atoms with Crippen molar-refractivity contribution in [3.63, 3.8) is 0 Å². The van der Waals surface area contributed by atoms with E-state index in [1.807, 2.05) is 60.9 Å². The topological polar surface area (TPSA) is 128 Å². The van der Waals surface area contributed by atoms with Crippen LogP contribution < -0.4 is 9.46 Å². The quantitative estimate of drug-likeness (QED) is 0.292. The number of para-hydroxylation sites is 2. The van der Waals surface area contributed by atoms with Crippen LogP contribution >= 0.6 is 0 Å². The van der Waals surface area contributed by atoms with Crippen molar-refractivity contribution < 1.29 is 31.9 Å². The maximum Gasteiger partial charge on any atom is 0.297 e. The summed E-state index contributed by atoms with van der Waals surface area (Å²) >= 11 is 0. The second-order valence-electron chi connectivity index (χ2n) is 15.0. The molecule has 51 heavy (non-hydrogen) atoms. The van der Waals surface area contributed by atoms with Crippen molar-refractivity contribution >= 4 is 38.7 Å². The number of rotatable bonds is 8. The van der Waals surface area contributed by atoms with E-state index in [1.54, 1.807) is 4.90 Å². The minimum atomic E-state index is -3.82. The number of nitrogens with zero attached hydrogens (tertiary/aromatic N) is 3. The third kappa shape index (κ3) is 7.47. The Kier molecular flexibility index (Phi) is 9.82. The van der Waals surface area contributed by atoms with Gasteiger partial charge in [0.15, 0.2) is 5.78 Å². The van der Waals surface area contributed by atoms with Crippen LogP contribution in [0.3, 0.4) is 0 Å². The fourth-order valence-electron chi connectivity index (χ4n) is 8.13. The van der Waals surface area contributed by atoms with Gasteiger partial charge in [-0.15, -0.1) is 0 Å². The van der Waals surface area contributed by atoms with Crippen molar-refractivity contribution in [2.75, 3.05) is 6.54 Å². The van der Waals surface area contributed by atoms with Gasteiger partial charge in [0.05, 0.1) is 34.3 Å². The third-order valence-electron chi connectivity index (χ3n) is 11.1. The van der Waals surface area contributed by atoms with E-state index in [0.717, 1.165) is 47.8 Å². The van der Waals surface area contributed by atoms with Gasteiger partial charge in [0, 0.05) is 25.3 Å². The van der Waals surface area contributed by atoms with Gasteiger partial charge in [0.2, 0.25) is 21.8 Å². The number of halogens is 1. The number of benzene rings is 2. The summed E-state index contributed by atoms with van der Waals surface area (Å²) in [6.45, 7) is 4.59. The highest BCUT2D eigenvalue weighted by Gasteiger charge is 2.61. The number of hydrogen-bond acceptors (Lipinski definition) is 7. The molecule has 2 amide bonds. The molecule has 12 heteroatoms. The molecule has 7 rings (SSSR count). The summed E-state index contributed by atoms with van der Waals surface area (Å²) < 4.78 is 50.9. The van der Waals surface area contributed by atoms with Gasteiger partial charge in [-0.3, -0.25) is 23.7 Å². The van der Waals surface area contributed by atoms with E-state index in [2.05, 4.69) is 4.72 Å². The lowest BCUT2D eigenvalue weighted by atomic mass is 9.89. The largest absolute Gasteiger partial charge is 0.459 e. The Labute approximate surface area is 298 Å². The van der Waals surface area contributed by atoms with Gasteiger partial charge >= 0.3 is 0 Å². The summed E-state index contributed by atoms with van der Waals surface area (Å²) in [4.78, 5) is 49.2. The van der Waals surface area contributed by atoms with Crippen molar-refractivity contribution in [1.82, 2.24) is 19.2 Å². The van der Waals surface area contributed by atoms with E-state index in [4.69, 9.17) is 9.72 Å². The average molecular weight is 719 g/mol. The molecule has 0 radical (unpaired) electrons. The molecule has 5 atom stereocenters. The first-order valence-electron chi connectivity index (χ1n) is 18.4. The summed E-state index contributed by atoms with van der Waals surface area (Å²) in [6.07, 6.45) is 9.12. The Morgan fingerprint density at radius 1 is 1.10 bits per heavy atom. The Morgan fingerprint density at radius 2 is 1.90 bits per heavy atom. The second-order valence-corrected chi connectivity index (χ2v) is 17.0. The molecule has 1 aromatic heterocycles. The number of imidazole rings is 1. The molecule has 3 heterocycles. The molecule has 0 unspecified atom stereocenters. The fraction of sp³-hybridized carbons (Fsp3) is 0.538. The van der Waals surface area contributed by atoms with Crippen molar-refractivity contribution in [3.8, 4) is 6.01 Å². The maximum absolute atomic E-state index is 14.7. The summed E-state index contributed by atoms with van der Waals surface area (Å²) in [6, 6.07) is 12.1. The first-order valence-corrected chi connectivity index (χ1v) is 20.0. The predicted molar refractivity (Wildman–Crippen MR) is 191 cm³/mol. The Morgan fingerprint density at radius 3 is 2.67 bits per heavy atom. The molecular formula is C39H47FN4O6S. The molecular weight excluding hydrogens is 672 g/mol. The molecule has 0 bridgehead atoms. The summed E-state index contributed by atoms with van der Waals surface area (Å²) in [5.74, 6) is -2.23. The molecule has 2 aliphatic heterocycles. The van der Waals surface area contributed by atoms with Gasteiger partial charge in [-0.05, 0) is 100 Å². The number of Topliss-reactive ketones (excluding diaryl/α,β-unsaturated/α-hetero) is 1. The molecule has 0 spiro atoms. The zero-order valence-electron chi connectivity index (χ0n) is 29.4.